The molecule has 0 aliphatic rings. The van der Waals surface area contributed by atoms with Crippen LogP contribution in [0.1, 0.15) is 12.5 Å². The van der Waals surface area contributed by atoms with Crippen LogP contribution in [0.2, 0.25) is 0 Å². The number of ether oxygens (including phenoxy) is 1. The van der Waals surface area contributed by atoms with Crippen LogP contribution in [0.4, 0.5) is 14.5 Å². The number of hydrogen-bond acceptors (Lipinski definition) is 2. The first kappa shape index (κ1) is 16.2. The van der Waals surface area contributed by atoms with Gasteiger partial charge in [-0.3, -0.25) is 0 Å². The van der Waals surface area contributed by atoms with E-state index in [9.17, 15) is 8.78 Å². The predicted molar refractivity (Wildman–Crippen MR) is 87.0 cm³/mol. The summed E-state index contributed by atoms with van der Waals surface area (Å²) in [5, 5.41) is 6.13. The molecule has 0 bridgehead atoms. The van der Waals surface area contributed by atoms with Crippen molar-refractivity contribution in [3.8, 4) is 5.75 Å². The van der Waals surface area contributed by atoms with Crippen molar-refractivity contribution in [3.63, 3.8) is 0 Å². The van der Waals surface area contributed by atoms with E-state index >= 15 is 0 Å². The van der Waals surface area contributed by atoms with Gasteiger partial charge < -0.3 is 15.4 Å². The first-order chi connectivity index (χ1) is 10.6. The minimum atomic E-state index is -0.917. The Hall–Kier alpha value is -2.21. The van der Waals surface area contributed by atoms with Gasteiger partial charge in [-0.15, -0.1) is 0 Å². The third-order valence-electron chi connectivity index (χ3n) is 2.86. The van der Waals surface area contributed by atoms with E-state index in [0.29, 0.717) is 24.0 Å². The lowest BCUT2D eigenvalue weighted by molar-refractivity contribution is 0.340. The van der Waals surface area contributed by atoms with Crippen LogP contribution in [0.15, 0.2) is 42.5 Å². The Morgan fingerprint density at radius 1 is 1.09 bits per heavy atom. The number of benzene rings is 2. The Morgan fingerprint density at radius 2 is 1.82 bits per heavy atom. The van der Waals surface area contributed by atoms with Gasteiger partial charge in [-0.25, -0.2) is 8.78 Å². The van der Waals surface area contributed by atoms with E-state index < -0.39 is 11.6 Å². The van der Waals surface area contributed by atoms with Gasteiger partial charge >= 0.3 is 0 Å². The summed E-state index contributed by atoms with van der Waals surface area (Å²) in [5.74, 6) is -0.994. The zero-order valence-electron chi connectivity index (χ0n) is 12.0. The van der Waals surface area contributed by atoms with Crippen molar-refractivity contribution >= 4 is 23.0 Å². The normalized spacial score (nSPS) is 10.1. The van der Waals surface area contributed by atoms with Crippen LogP contribution in [0, 0.1) is 11.6 Å². The van der Waals surface area contributed by atoms with Gasteiger partial charge in [0, 0.05) is 18.3 Å². The highest BCUT2D eigenvalue weighted by Gasteiger charge is 2.04. The molecule has 2 N–H and O–H groups in total. The lowest BCUT2D eigenvalue weighted by Crippen LogP contribution is -2.27. The van der Waals surface area contributed by atoms with Crippen molar-refractivity contribution < 1.29 is 13.5 Å². The fourth-order valence-corrected chi connectivity index (χ4v) is 1.99. The second-order valence-corrected chi connectivity index (χ2v) is 4.92. The SMILES string of the molecule is CCOc1ccc(CNC(=S)Nc2ccc(F)c(F)c2)cc1. The second kappa shape index (κ2) is 7.70. The summed E-state index contributed by atoms with van der Waals surface area (Å²) in [6.07, 6.45) is 0. The molecule has 116 valence electrons. The van der Waals surface area contributed by atoms with Crippen LogP contribution < -0.4 is 15.4 Å². The Balaban J connectivity index is 1.85. The summed E-state index contributed by atoms with van der Waals surface area (Å²) in [5.41, 5.74) is 1.42. The lowest BCUT2D eigenvalue weighted by Gasteiger charge is -2.11. The van der Waals surface area contributed by atoms with Crippen molar-refractivity contribution in [2.75, 3.05) is 11.9 Å². The molecule has 0 aliphatic carbocycles. The molecule has 0 aliphatic heterocycles. The molecule has 0 aromatic heterocycles. The van der Waals surface area contributed by atoms with Crippen LogP contribution in [0.25, 0.3) is 0 Å². The number of rotatable bonds is 5. The Labute approximate surface area is 133 Å². The fraction of sp³-hybridized carbons (Fsp3) is 0.188. The van der Waals surface area contributed by atoms with Gasteiger partial charge in [0.2, 0.25) is 0 Å². The zero-order valence-corrected chi connectivity index (χ0v) is 12.8. The molecule has 2 aromatic rings. The molecule has 6 heteroatoms. The number of halogens is 2. The summed E-state index contributed by atoms with van der Waals surface area (Å²) < 4.78 is 31.3. The molecule has 0 fully saturated rings. The number of thiocarbonyl (C=S) groups is 1. The fourth-order valence-electron chi connectivity index (χ4n) is 1.80. The average molecular weight is 322 g/mol. The van der Waals surface area contributed by atoms with Gasteiger partial charge in [-0.05, 0) is 49.0 Å². The van der Waals surface area contributed by atoms with E-state index in [1.54, 1.807) is 0 Å². The van der Waals surface area contributed by atoms with Crippen LogP contribution in [0.3, 0.4) is 0 Å². The third-order valence-corrected chi connectivity index (χ3v) is 3.11. The minimum Gasteiger partial charge on any atom is -0.494 e. The van der Waals surface area contributed by atoms with Crippen LogP contribution in [-0.2, 0) is 6.54 Å². The van der Waals surface area contributed by atoms with Crippen LogP contribution in [0.5, 0.6) is 5.75 Å². The van der Waals surface area contributed by atoms with E-state index in [4.69, 9.17) is 17.0 Å². The summed E-state index contributed by atoms with van der Waals surface area (Å²) in [7, 11) is 0. The largest absolute Gasteiger partial charge is 0.494 e. The highest BCUT2D eigenvalue weighted by Crippen LogP contribution is 2.14. The van der Waals surface area contributed by atoms with Gasteiger partial charge in [0.05, 0.1) is 6.61 Å². The monoisotopic (exact) mass is 322 g/mol. The standard InChI is InChI=1S/C16H16F2N2OS/c1-2-21-13-6-3-11(4-7-13)10-19-16(22)20-12-5-8-14(17)15(18)9-12/h3-9H,2,10H2,1H3,(H2,19,20,22). The third kappa shape index (κ3) is 4.66. The molecule has 0 atom stereocenters. The molecule has 0 spiro atoms. The first-order valence-corrected chi connectivity index (χ1v) is 7.21. The molecule has 0 saturated heterocycles. The number of anilines is 1. The van der Waals surface area contributed by atoms with E-state index in [0.717, 1.165) is 23.4 Å². The van der Waals surface area contributed by atoms with E-state index in [2.05, 4.69) is 10.6 Å². The predicted octanol–water partition coefficient (Wildman–Crippen LogP) is 3.85. The molecule has 0 saturated carbocycles. The molecular weight excluding hydrogens is 306 g/mol. The molecular formula is C16H16F2N2OS. The maximum absolute atomic E-state index is 13.1. The summed E-state index contributed by atoms with van der Waals surface area (Å²) in [6.45, 7) is 3.07. The molecule has 2 aromatic carbocycles. The van der Waals surface area contributed by atoms with E-state index in [-0.39, 0.29) is 0 Å². The molecule has 2 rings (SSSR count). The maximum atomic E-state index is 13.1. The quantitative estimate of drug-likeness (QED) is 0.819. The zero-order chi connectivity index (χ0) is 15.9. The van der Waals surface area contributed by atoms with Gasteiger partial charge in [0.25, 0.3) is 0 Å². The Kier molecular flexibility index (Phi) is 5.66. The Bertz CT molecular complexity index is 647. The minimum absolute atomic E-state index is 0.333. The summed E-state index contributed by atoms with van der Waals surface area (Å²) in [4.78, 5) is 0. The Morgan fingerprint density at radius 3 is 2.45 bits per heavy atom. The molecule has 0 radical (unpaired) electrons. The average Bonchev–Trinajstić information content (AvgIpc) is 2.51. The van der Waals surface area contributed by atoms with Crippen molar-refractivity contribution in [3.05, 3.63) is 59.7 Å². The van der Waals surface area contributed by atoms with Crippen molar-refractivity contribution in [2.24, 2.45) is 0 Å². The molecule has 0 heterocycles. The second-order valence-electron chi connectivity index (χ2n) is 4.51. The van der Waals surface area contributed by atoms with Crippen molar-refractivity contribution in [1.29, 1.82) is 0 Å². The summed E-state index contributed by atoms with van der Waals surface area (Å²) >= 11 is 5.12. The van der Waals surface area contributed by atoms with Gasteiger partial charge in [0.1, 0.15) is 5.75 Å². The van der Waals surface area contributed by atoms with Crippen molar-refractivity contribution in [2.45, 2.75) is 13.5 Å². The van der Waals surface area contributed by atoms with Crippen LogP contribution >= 0.6 is 12.2 Å². The smallest absolute Gasteiger partial charge is 0.171 e. The molecule has 0 unspecified atom stereocenters. The first-order valence-electron chi connectivity index (χ1n) is 6.80. The topological polar surface area (TPSA) is 33.3 Å². The lowest BCUT2D eigenvalue weighted by atomic mass is 10.2. The van der Waals surface area contributed by atoms with Crippen molar-refractivity contribution in [1.82, 2.24) is 5.32 Å². The molecule has 22 heavy (non-hydrogen) atoms. The molecule has 0 amide bonds. The number of nitrogens with one attached hydrogen (secondary N) is 2. The highest BCUT2D eigenvalue weighted by atomic mass is 32.1. The number of hydrogen-bond donors (Lipinski definition) is 2. The van der Waals surface area contributed by atoms with E-state index in [1.807, 2.05) is 31.2 Å². The van der Waals surface area contributed by atoms with Gasteiger partial charge in [-0.2, -0.15) is 0 Å². The van der Waals surface area contributed by atoms with Crippen LogP contribution in [-0.4, -0.2) is 11.7 Å². The van der Waals surface area contributed by atoms with Gasteiger partial charge in [0.15, 0.2) is 16.7 Å². The molecule has 3 nitrogen and oxygen atoms in total. The highest BCUT2D eigenvalue weighted by molar-refractivity contribution is 7.80. The van der Waals surface area contributed by atoms with Gasteiger partial charge in [-0.1, -0.05) is 12.1 Å². The maximum Gasteiger partial charge on any atom is 0.171 e. The van der Waals surface area contributed by atoms with E-state index in [1.165, 1.54) is 6.07 Å². The summed E-state index contributed by atoms with van der Waals surface area (Å²) in [6, 6.07) is 11.1.